The van der Waals surface area contributed by atoms with Crippen LogP contribution in [0, 0.1) is 0 Å². The Kier molecular flexibility index (Phi) is 5.26. The molecule has 1 aromatic rings. The lowest BCUT2D eigenvalue weighted by Crippen LogP contribution is -2.40. The van der Waals surface area contributed by atoms with Crippen LogP contribution in [-0.2, 0) is 9.59 Å². The minimum absolute atomic E-state index is 0.242. The summed E-state index contributed by atoms with van der Waals surface area (Å²) < 4.78 is 0. The molecule has 1 N–H and O–H groups in total. The summed E-state index contributed by atoms with van der Waals surface area (Å²) in [4.78, 5) is 25.7. The fourth-order valence-corrected chi connectivity index (χ4v) is 2.54. The van der Waals surface area contributed by atoms with Gasteiger partial charge in [-0.25, -0.2) is 0 Å². The molecule has 1 aliphatic heterocycles. The first-order valence-electron chi connectivity index (χ1n) is 6.64. The highest BCUT2D eigenvalue weighted by molar-refractivity contribution is 6.45. The predicted octanol–water partition coefficient (Wildman–Crippen LogP) is 3.33. The Morgan fingerprint density at radius 2 is 1.70 bits per heavy atom. The van der Waals surface area contributed by atoms with E-state index >= 15 is 0 Å². The van der Waals surface area contributed by atoms with Gasteiger partial charge in [0.2, 0.25) is 0 Å². The number of likely N-dealkylation sites (tertiary alicyclic amines) is 1. The molecule has 0 aromatic heterocycles. The zero-order valence-corrected chi connectivity index (χ0v) is 12.5. The van der Waals surface area contributed by atoms with Gasteiger partial charge in [-0.05, 0) is 25.0 Å². The number of hydrogen-bond donors (Lipinski definition) is 1. The molecule has 0 unspecified atom stereocenters. The smallest absolute Gasteiger partial charge is 0.313 e. The number of anilines is 1. The lowest BCUT2D eigenvalue weighted by atomic mass is 10.2. The molecular weight excluding hydrogens is 299 g/mol. The molecule has 1 saturated heterocycles. The van der Waals surface area contributed by atoms with Gasteiger partial charge in [-0.1, -0.05) is 42.1 Å². The van der Waals surface area contributed by atoms with Crippen molar-refractivity contribution in [3.63, 3.8) is 0 Å². The number of nitrogens with one attached hydrogen (secondary N) is 1. The number of nitrogens with zero attached hydrogens (tertiary/aromatic N) is 1. The van der Waals surface area contributed by atoms with Crippen LogP contribution in [0.25, 0.3) is 0 Å². The Hall–Kier alpha value is -1.26. The first-order chi connectivity index (χ1) is 9.59. The molecular formula is C14H16Cl2N2O2. The fraction of sp³-hybridized carbons (Fsp3) is 0.429. The third-order valence-corrected chi connectivity index (χ3v) is 4.11. The molecule has 6 heteroatoms. The van der Waals surface area contributed by atoms with E-state index in [2.05, 4.69) is 5.32 Å². The Morgan fingerprint density at radius 1 is 1.05 bits per heavy atom. The average Bonchev–Trinajstić information content (AvgIpc) is 2.72. The van der Waals surface area contributed by atoms with E-state index in [1.807, 2.05) is 0 Å². The van der Waals surface area contributed by atoms with Gasteiger partial charge in [0.15, 0.2) is 0 Å². The van der Waals surface area contributed by atoms with Crippen LogP contribution in [0.2, 0.25) is 10.0 Å². The van der Waals surface area contributed by atoms with Crippen LogP contribution in [0.3, 0.4) is 0 Å². The molecule has 20 heavy (non-hydrogen) atoms. The topological polar surface area (TPSA) is 49.4 Å². The van der Waals surface area contributed by atoms with Gasteiger partial charge >= 0.3 is 11.8 Å². The Bertz CT molecular complexity index is 512. The van der Waals surface area contributed by atoms with Crippen molar-refractivity contribution in [1.29, 1.82) is 0 Å². The highest BCUT2D eigenvalue weighted by Crippen LogP contribution is 2.29. The molecule has 1 aromatic carbocycles. The van der Waals surface area contributed by atoms with Crippen molar-refractivity contribution in [2.45, 2.75) is 25.7 Å². The zero-order chi connectivity index (χ0) is 14.5. The summed E-state index contributed by atoms with van der Waals surface area (Å²) in [5.41, 5.74) is 0.354. The zero-order valence-electron chi connectivity index (χ0n) is 11.0. The van der Waals surface area contributed by atoms with Crippen LogP contribution >= 0.6 is 23.2 Å². The average molecular weight is 315 g/mol. The van der Waals surface area contributed by atoms with Crippen LogP contribution in [0.15, 0.2) is 18.2 Å². The van der Waals surface area contributed by atoms with Gasteiger partial charge in [0.25, 0.3) is 0 Å². The number of carbonyl (C=O) groups excluding carboxylic acids is 2. The molecule has 1 aliphatic rings. The molecule has 1 fully saturated rings. The standard InChI is InChI=1S/C14H16Cl2N2O2/c15-10-6-5-7-11(12(10)16)17-13(19)14(20)18-8-3-1-2-4-9-18/h5-7H,1-4,8-9H2,(H,17,19). The summed E-state index contributed by atoms with van der Waals surface area (Å²) in [6.07, 6.45) is 4.09. The summed E-state index contributed by atoms with van der Waals surface area (Å²) in [7, 11) is 0. The number of rotatable bonds is 1. The van der Waals surface area contributed by atoms with Crippen molar-refractivity contribution in [3.8, 4) is 0 Å². The van der Waals surface area contributed by atoms with E-state index in [0.29, 0.717) is 23.8 Å². The van der Waals surface area contributed by atoms with Crippen LogP contribution in [0.4, 0.5) is 5.69 Å². The number of halogens is 2. The van der Waals surface area contributed by atoms with Gasteiger partial charge in [-0.15, -0.1) is 0 Å². The van der Waals surface area contributed by atoms with Crippen LogP contribution in [0.5, 0.6) is 0 Å². The molecule has 0 aliphatic carbocycles. The first-order valence-corrected chi connectivity index (χ1v) is 7.39. The highest BCUT2D eigenvalue weighted by atomic mass is 35.5. The molecule has 108 valence electrons. The third kappa shape index (κ3) is 3.64. The molecule has 4 nitrogen and oxygen atoms in total. The second-order valence-electron chi connectivity index (χ2n) is 4.76. The Balaban J connectivity index is 2.03. The van der Waals surface area contributed by atoms with Gasteiger partial charge in [-0.2, -0.15) is 0 Å². The second kappa shape index (κ2) is 6.95. The van der Waals surface area contributed by atoms with Crippen LogP contribution in [0.1, 0.15) is 25.7 Å². The minimum atomic E-state index is -0.670. The van der Waals surface area contributed by atoms with E-state index in [1.54, 1.807) is 23.1 Å². The molecule has 0 spiro atoms. The number of benzene rings is 1. The predicted molar refractivity (Wildman–Crippen MR) is 80.1 cm³/mol. The summed E-state index contributed by atoms with van der Waals surface area (Å²) in [5, 5.41) is 3.10. The van der Waals surface area contributed by atoms with Gasteiger partial charge in [-0.3, -0.25) is 9.59 Å². The van der Waals surface area contributed by atoms with Gasteiger partial charge < -0.3 is 10.2 Å². The van der Waals surface area contributed by atoms with Crippen LogP contribution < -0.4 is 5.32 Å². The monoisotopic (exact) mass is 314 g/mol. The van der Waals surface area contributed by atoms with E-state index in [1.165, 1.54) is 0 Å². The van der Waals surface area contributed by atoms with Crippen molar-refractivity contribution in [2.24, 2.45) is 0 Å². The Morgan fingerprint density at radius 3 is 2.35 bits per heavy atom. The molecule has 0 atom stereocenters. The fourth-order valence-electron chi connectivity index (χ4n) is 2.19. The number of carbonyl (C=O) groups is 2. The van der Waals surface area contributed by atoms with Crippen molar-refractivity contribution in [2.75, 3.05) is 18.4 Å². The molecule has 0 bridgehead atoms. The lowest BCUT2D eigenvalue weighted by Gasteiger charge is -2.19. The SMILES string of the molecule is O=C(Nc1cccc(Cl)c1Cl)C(=O)N1CCCCCC1. The van der Waals surface area contributed by atoms with Gasteiger partial charge in [0, 0.05) is 13.1 Å². The quantitative estimate of drug-likeness (QED) is 0.808. The first kappa shape index (κ1) is 15.1. The third-order valence-electron chi connectivity index (χ3n) is 3.29. The Labute approximate surface area is 128 Å². The van der Waals surface area contributed by atoms with E-state index in [-0.39, 0.29) is 5.02 Å². The molecule has 2 amide bonds. The molecule has 0 radical (unpaired) electrons. The molecule has 0 saturated carbocycles. The maximum absolute atomic E-state index is 12.1. The van der Waals surface area contributed by atoms with E-state index in [0.717, 1.165) is 25.7 Å². The summed E-state index contributed by atoms with van der Waals surface area (Å²) in [6.45, 7) is 1.27. The van der Waals surface area contributed by atoms with Gasteiger partial charge in [0.05, 0.1) is 15.7 Å². The normalized spacial score (nSPS) is 15.6. The van der Waals surface area contributed by atoms with E-state index in [4.69, 9.17) is 23.2 Å². The molecule has 1 heterocycles. The van der Waals surface area contributed by atoms with E-state index < -0.39 is 11.8 Å². The van der Waals surface area contributed by atoms with Crippen molar-refractivity contribution in [3.05, 3.63) is 28.2 Å². The second-order valence-corrected chi connectivity index (χ2v) is 5.55. The van der Waals surface area contributed by atoms with Crippen molar-refractivity contribution < 1.29 is 9.59 Å². The van der Waals surface area contributed by atoms with Crippen molar-refractivity contribution in [1.82, 2.24) is 4.90 Å². The maximum Gasteiger partial charge on any atom is 0.313 e. The number of amides is 2. The summed E-state index contributed by atoms with van der Waals surface area (Å²) in [5.74, 6) is -1.18. The van der Waals surface area contributed by atoms with Crippen molar-refractivity contribution >= 4 is 40.7 Å². The van der Waals surface area contributed by atoms with E-state index in [9.17, 15) is 9.59 Å². The lowest BCUT2D eigenvalue weighted by molar-refractivity contribution is -0.143. The largest absolute Gasteiger partial charge is 0.334 e. The molecule has 2 rings (SSSR count). The summed E-state index contributed by atoms with van der Waals surface area (Å²) in [6, 6.07) is 4.90. The number of hydrogen-bond acceptors (Lipinski definition) is 2. The van der Waals surface area contributed by atoms with Crippen LogP contribution in [-0.4, -0.2) is 29.8 Å². The minimum Gasteiger partial charge on any atom is -0.334 e. The highest BCUT2D eigenvalue weighted by Gasteiger charge is 2.23. The summed E-state index contributed by atoms with van der Waals surface area (Å²) >= 11 is 11.9. The maximum atomic E-state index is 12.1. The van der Waals surface area contributed by atoms with Gasteiger partial charge in [0.1, 0.15) is 0 Å².